The molecule has 35 heteroatoms. The van der Waals surface area contributed by atoms with E-state index in [1.165, 1.54) is 56.1 Å². The molecule has 0 unspecified atom stereocenters. The molecule has 8 aromatic carbocycles. The third-order valence-corrected chi connectivity index (χ3v) is 17.7. The van der Waals surface area contributed by atoms with E-state index in [0.717, 1.165) is 61.2 Å². The number of rotatable bonds is 25. The van der Waals surface area contributed by atoms with E-state index >= 15 is 0 Å². The van der Waals surface area contributed by atoms with Crippen LogP contribution in [0.2, 0.25) is 0 Å². The summed E-state index contributed by atoms with van der Waals surface area (Å²) in [5.41, 5.74) is 11.7. The van der Waals surface area contributed by atoms with Crippen LogP contribution in [0.25, 0.3) is 44.5 Å². The van der Waals surface area contributed by atoms with Crippen LogP contribution >= 0.6 is 11.8 Å². The van der Waals surface area contributed by atoms with E-state index in [1.54, 1.807) is 148 Å². The lowest BCUT2D eigenvalue weighted by atomic mass is 9.98. The second-order valence-corrected chi connectivity index (χ2v) is 32.1. The number of carboxylic acid groups (broad SMARTS) is 2. The fourth-order valence-electron chi connectivity index (χ4n) is 10.6. The summed E-state index contributed by atoms with van der Waals surface area (Å²) in [7, 11) is 5.40. The van der Waals surface area contributed by atoms with Gasteiger partial charge in [-0.15, -0.1) is 0 Å². The van der Waals surface area contributed by atoms with Crippen LogP contribution in [0, 0.1) is 0 Å². The Labute approximate surface area is 738 Å². The zero-order valence-electron chi connectivity index (χ0n) is 73.7. The monoisotopic (exact) mass is 1790 g/mol. The maximum absolute atomic E-state index is 12.5. The maximum Gasteiger partial charge on any atom is 0.408 e. The number of amides is 6. The quantitative estimate of drug-likeness (QED) is 0.0110. The number of benzene rings is 8. The molecule has 6 amide bonds. The van der Waals surface area contributed by atoms with Crippen LogP contribution in [-0.4, -0.2) is 156 Å². The molecule has 0 aromatic heterocycles. The van der Waals surface area contributed by atoms with Crippen molar-refractivity contribution in [3.63, 3.8) is 0 Å². The Balaban J connectivity index is 0.000000409. The van der Waals surface area contributed by atoms with Gasteiger partial charge in [-0.1, -0.05) is 170 Å². The summed E-state index contributed by atoms with van der Waals surface area (Å²) in [6, 6.07) is 58.9. The molecule has 0 saturated heterocycles. The second-order valence-electron chi connectivity index (χ2n) is 31.9. The van der Waals surface area contributed by atoms with E-state index in [9.17, 15) is 83.9 Å². The van der Waals surface area contributed by atoms with Crippen LogP contribution in [0.1, 0.15) is 173 Å². The highest BCUT2D eigenvalue weighted by Crippen LogP contribution is 2.30. The summed E-state index contributed by atoms with van der Waals surface area (Å²) in [6.07, 6.45) is -14.0. The number of alkyl halides is 6. The number of hydrogen-bond donors (Lipinski definition) is 10. The molecule has 686 valence electrons. The Bertz CT molecular complexity index is 4890. The third kappa shape index (κ3) is 38.4. The molecule has 28 nitrogen and oxygen atoms in total. The lowest BCUT2D eigenvalue weighted by Gasteiger charge is -2.27. The number of esters is 4. The SMILES string of the molecule is CC(C)(C)OC(=O)NC(C)(C)C(=O)O.COC(=O)c1ccccc1-c1ccc(CN)cc1.COC(=O)c1ccccc1-c1ccc(CNC(=O)C(C)(C)NC(=O)CC(F)(F)F)cc1.COC(=O)c1ccccc1-c1ccc(CNC(=O)C(C)(C)NC(=O)OC(C)(C)C)cc1.COC(=O)c1ccccc1-c1ccc(CNC(=O)C(C)(C)NCl)cc1.O=C(O)CC(F)(F)F. The van der Waals surface area contributed by atoms with E-state index in [0.29, 0.717) is 40.9 Å². The number of carbonyl (C=O) groups is 12. The molecule has 11 N–H and O–H groups in total. The summed E-state index contributed by atoms with van der Waals surface area (Å²) >= 11 is 5.56. The first-order valence-corrected chi connectivity index (χ1v) is 39.3. The van der Waals surface area contributed by atoms with Gasteiger partial charge >= 0.3 is 60.4 Å². The van der Waals surface area contributed by atoms with Gasteiger partial charge in [-0.2, -0.15) is 26.3 Å². The van der Waals surface area contributed by atoms with Crippen LogP contribution in [0.5, 0.6) is 0 Å². The first-order chi connectivity index (χ1) is 59.0. The Morgan fingerprint density at radius 2 is 0.583 bits per heavy atom. The normalized spacial score (nSPS) is 11.3. The van der Waals surface area contributed by atoms with Crippen molar-refractivity contribution >= 4 is 83.4 Å². The Kier molecular flexibility index (Phi) is 41.6. The van der Waals surface area contributed by atoms with Gasteiger partial charge in [0.05, 0.1) is 50.7 Å². The molecule has 8 rings (SSSR count). The van der Waals surface area contributed by atoms with Crippen molar-refractivity contribution in [1.29, 1.82) is 0 Å². The molecule has 0 aliphatic carbocycles. The molecule has 0 atom stereocenters. The molecule has 8 aromatic rings. The van der Waals surface area contributed by atoms with Gasteiger partial charge in [-0.05, 0) is 200 Å². The predicted octanol–water partition coefficient (Wildman–Crippen LogP) is 15.9. The number of alkyl carbamates (subject to hydrolysis) is 2. The number of aliphatic carboxylic acids is 2. The van der Waals surface area contributed by atoms with Crippen LogP contribution in [0.4, 0.5) is 35.9 Å². The standard InChI is InChI=1S/C24H30N2O5.C22H23F3N2O4.C19H21ClN2O3.C15H15NO2.C9H17NO4.C3H3F3O2/c1-23(2,3)31-22(29)26-24(4,5)21(28)25-15-16-11-13-17(14-12-16)18-9-7-8-10-19(18)20(27)30-6;1-21(2,27-18(28)12-22(23,24)25)20(30)26-13-14-8-10-15(11-9-14)16-6-4-5-7-17(16)19(29)31-3;1-19(2,22-20)18(24)21-12-13-8-10-14(11-9-13)15-6-4-5-7-16(15)17(23)25-3;1-18-15(17)14-5-3-2-4-13(14)12-8-6-11(10-16)7-9-12;1-8(2,3)14-7(13)10-9(4,5)6(11)12;4-3(5,6)1-2(7)8/h7-14H,15H2,1-6H3,(H,25,28)(H,26,29);4-11H,12-13H2,1-3H3,(H,26,30)(H,27,28);4-11,22H,12H2,1-3H3,(H,21,24);2-9H,10,16H2,1H3;1-5H3,(H,10,13)(H,11,12);1H2,(H,7,8). The zero-order chi connectivity index (χ0) is 96.2. The Morgan fingerprint density at radius 3 is 0.803 bits per heavy atom. The van der Waals surface area contributed by atoms with Crippen molar-refractivity contribution in [3.05, 3.63) is 239 Å². The van der Waals surface area contributed by atoms with Crippen molar-refractivity contribution in [1.82, 2.24) is 36.7 Å². The maximum atomic E-state index is 12.5. The second kappa shape index (κ2) is 48.9. The van der Waals surface area contributed by atoms with Crippen molar-refractivity contribution in [2.75, 3.05) is 28.4 Å². The Hall–Kier alpha value is -13.2. The van der Waals surface area contributed by atoms with Crippen LogP contribution in [0.3, 0.4) is 0 Å². The van der Waals surface area contributed by atoms with Gasteiger partial charge in [0.2, 0.25) is 23.6 Å². The van der Waals surface area contributed by atoms with Gasteiger partial charge in [0, 0.05) is 26.2 Å². The van der Waals surface area contributed by atoms with Gasteiger partial charge in [0.25, 0.3) is 0 Å². The minimum atomic E-state index is -4.65. The molecule has 0 bridgehead atoms. The van der Waals surface area contributed by atoms with Crippen molar-refractivity contribution in [2.45, 2.75) is 182 Å². The third-order valence-electron chi connectivity index (χ3n) is 17.2. The number of hydrogen-bond acceptors (Lipinski definition) is 20. The van der Waals surface area contributed by atoms with Crippen molar-refractivity contribution < 1.29 is 123 Å². The highest BCUT2D eigenvalue weighted by Gasteiger charge is 2.37. The molecular weight excluding hydrogens is 1690 g/mol. The Morgan fingerprint density at radius 1 is 0.339 bits per heavy atom. The molecule has 0 aliphatic heterocycles. The first kappa shape index (κ1) is 108. The molecule has 0 spiro atoms. The van der Waals surface area contributed by atoms with Crippen LogP contribution < -0.4 is 42.5 Å². The molecule has 0 radical (unpaired) electrons. The van der Waals surface area contributed by atoms with Gasteiger partial charge < -0.3 is 76.3 Å². The highest BCUT2D eigenvalue weighted by molar-refractivity contribution is 6.15. The molecule has 0 heterocycles. The van der Waals surface area contributed by atoms with E-state index in [2.05, 4.69) is 36.7 Å². The summed E-state index contributed by atoms with van der Waals surface area (Å²) in [5.74, 6) is -6.93. The summed E-state index contributed by atoms with van der Waals surface area (Å²) in [6.45, 7) is 23.7. The van der Waals surface area contributed by atoms with E-state index < -0.39 is 106 Å². The topological polar surface area (TPSA) is 411 Å². The summed E-state index contributed by atoms with van der Waals surface area (Å²) in [5, 5.41) is 31.4. The number of carbonyl (C=O) groups excluding carboxylic acids is 10. The summed E-state index contributed by atoms with van der Waals surface area (Å²) in [4.78, 5) is 141. The number of methoxy groups -OCH3 is 4. The zero-order valence-corrected chi connectivity index (χ0v) is 74.4. The smallest absolute Gasteiger partial charge is 0.408 e. The highest BCUT2D eigenvalue weighted by atomic mass is 35.5. The fourth-order valence-corrected chi connectivity index (χ4v) is 10.7. The van der Waals surface area contributed by atoms with Gasteiger partial charge in [-0.25, -0.2) is 38.4 Å². The number of ether oxygens (including phenoxy) is 6. The van der Waals surface area contributed by atoms with Crippen LogP contribution in [0.15, 0.2) is 194 Å². The van der Waals surface area contributed by atoms with Gasteiger partial charge in [0.15, 0.2) is 0 Å². The van der Waals surface area contributed by atoms with Gasteiger partial charge in [0.1, 0.15) is 46.2 Å². The lowest BCUT2D eigenvalue weighted by molar-refractivity contribution is -0.166. The lowest BCUT2D eigenvalue weighted by Crippen LogP contribution is -2.55. The van der Waals surface area contributed by atoms with E-state index in [4.69, 9.17) is 56.1 Å². The molecule has 0 saturated carbocycles. The number of nitrogens with one attached hydrogen (secondary N) is 7. The predicted molar refractivity (Wildman–Crippen MR) is 465 cm³/mol. The van der Waals surface area contributed by atoms with Crippen molar-refractivity contribution in [3.8, 4) is 44.5 Å². The van der Waals surface area contributed by atoms with Crippen molar-refractivity contribution in [2.24, 2.45) is 5.73 Å². The number of nitrogens with two attached hydrogens (primary N) is 1. The first-order valence-electron chi connectivity index (χ1n) is 38.9. The number of carboxylic acids is 2. The molecular formula is C92H109ClF6N8O20. The average molecular weight is 1800 g/mol. The average Bonchev–Trinajstić information content (AvgIpc) is 0.828. The van der Waals surface area contributed by atoms with Gasteiger partial charge in [-0.3, -0.25) is 24.0 Å². The molecule has 127 heavy (non-hydrogen) atoms. The minimum absolute atomic E-state index is 0.107. The number of halogens is 7. The summed E-state index contributed by atoms with van der Waals surface area (Å²) < 4.78 is 99.1. The minimum Gasteiger partial charge on any atom is -0.481 e. The van der Waals surface area contributed by atoms with E-state index in [-0.39, 0.29) is 36.8 Å². The molecule has 0 fully saturated rings. The fraction of sp³-hybridized carbons (Fsp3) is 0.348. The largest absolute Gasteiger partial charge is 0.481 e. The molecule has 0 aliphatic rings. The van der Waals surface area contributed by atoms with E-state index in [1.807, 2.05) is 115 Å². The van der Waals surface area contributed by atoms with Crippen LogP contribution in [-0.2, 0) is 83.4 Å².